The number of hydrogen-bond acceptors (Lipinski definition) is 5. The summed E-state index contributed by atoms with van der Waals surface area (Å²) in [6, 6.07) is 13.7. The summed E-state index contributed by atoms with van der Waals surface area (Å²) < 4.78 is 16.2. The molecule has 0 aliphatic carbocycles. The molecule has 0 fully saturated rings. The average molecular weight is 345 g/mol. The lowest BCUT2D eigenvalue weighted by Crippen LogP contribution is -2.44. The summed E-state index contributed by atoms with van der Waals surface area (Å²) in [5.74, 6) is 1.97. The summed E-state index contributed by atoms with van der Waals surface area (Å²) in [5.41, 5.74) is 1.47. The van der Waals surface area contributed by atoms with Crippen LogP contribution in [0, 0.1) is 0 Å². The lowest BCUT2D eigenvalue weighted by atomic mass is 9.87. The Morgan fingerprint density at radius 1 is 0.920 bits per heavy atom. The molecule has 2 aromatic carbocycles. The smallest absolute Gasteiger partial charge is 0.164 e. The molecule has 136 valence electrons. The van der Waals surface area contributed by atoms with Crippen molar-refractivity contribution in [2.75, 3.05) is 27.9 Å². The van der Waals surface area contributed by atoms with Gasteiger partial charge in [-0.25, -0.2) is 0 Å². The number of benzene rings is 2. The first-order valence-electron chi connectivity index (χ1n) is 8.34. The van der Waals surface area contributed by atoms with E-state index in [0.29, 0.717) is 23.8 Å². The van der Waals surface area contributed by atoms with Gasteiger partial charge in [0.05, 0.1) is 33.5 Å². The number of aliphatic hydroxyl groups is 1. The van der Waals surface area contributed by atoms with Gasteiger partial charge in [0, 0.05) is 18.2 Å². The third-order valence-electron chi connectivity index (χ3n) is 4.60. The first-order chi connectivity index (χ1) is 12.1. The van der Waals surface area contributed by atoms with Crippen molar-refractivity contribution in [2.24, 2.45) is 0 Å². The summed E-state index contributed by atoms with van der Waals surface area (Å²) >= 11 is 0. The normalized spacial score (nSPS) is 13.2. The molecule has 2 rings (SSSR count). The van der Waals surface area contributed by atoms with Gasteiger partial charge in [-0.3, -0.25) is 0 Å². The molecule has 2 N–H and O–H groups in total. The van der Waals surface area contributed by atoms with Gasteiger partial charge in [-0.15, -0.1) is 0 Å². The maximum Gasteiger partial charge on any atom is 0.164 e. The zero-order valence-corrected chi connectivity index (χ0v) is 15.3. The Labute approximate surface area is 149 Å². The van der Waals surface area contributed by atoms with Crippen molar-refractivity contribution in [3.63, 3.8) is 0 Å². The number of nitrogens with one attached hydrogen (secondary N) is 1. The van der Waals surface area contributed by atoms with E-state index in [1.54, 1.807) is 21.3 Å². The fraction of sp³-hybridized carbons (Fsp3) is 0.400. The van der Waals surface area contributed by atoms with Crippen LogP contribution in [0.25, 0.3) is 0 Å². The summed E-state index contributed by atoms with van der Waals surface area (Å²) in [4.78, 5) is 0. The fourth-order valence-electron chi connectivity index (χ4n) is 2.94. The zero-order valence-electron chi connectivity index (χ0n) is 15.3. The van der Waals surface area contributed by atoms with Crippen molar-refractivity contribution in [1.29, 1.82) is 0 Å². The molecule has 0 aliphatic rings. The van der Waals surface area contributed by atoms with E-state index >= 15 is 0 Å². The molecule has 5 heteroatoms. The fourth-order valence-corrected chi connectivity index (χ4v) is 2.94. The minimum atomic E-state index is -0.514. The topological polar surface area (TPSA) is 60.0 Å². The molecule has 0 aliphatic heterocycles. The summed E-state index contributed by atoms with van der Waals surface area (Å²) in [6.45, 7) is 2.58. The van der Waals surface area contributed by atoms with Crippen LogP contribution in [-0.4, -0.2) is 33.0 Å². The van der Waals surface area contributed by atoms with E-state index < -0.39 is 5.54 Å². The van der Waals surface area contributed by atoms with E-state index in [9.17, 15) is 5.11 Å². The predicted molar refractivity (Wildman–Crippen MR) is 98.4 cm³/mol. The zero-order chi connectivity index (χ0) is 18.3. The predicted octanol–water partition coefficient (Wildman–Crippen LogP) is 3.10. The molecule has 0 bridgehead atoms. The van der Waals surface area contributed by atoms with Crippen LogP contribution in [0.5, 0.6) is 17.2 Å². The van der Waals surface area contributed by atoms with Crippen molar-refractivity contribution < 1.29 is 19.3 Å². The lowest BCUT2D eigenvalue weighted by Gasteiger charge is -2.33. The molecular weight excluding hydrogens is 318 g/mol. The van der Waals surface area contributed by atoms with Gasteiger partial charge in [0.25, 0.3) is 0 Å². The summed E-state index contributed by atoms with van der Waals surface area (Å²) in [5, 5.41) is 13.6. The number of methoxy groups -OCH3 is 3. The van der Waals surface area contributed by atoms with Gasteiger partial charge in [0.1, 0.15) is 5.75 Å². The number of ether oxygens (including phenoxy) is 3. The lowest BCUT2D eigenvalue weighted by molar-refractivity contribution is 0.153. The van der Waals surface area contributed by atoms with E-state index in [0.717, 1.165) is 17.5 Å². The van der Waals surface area contributed by atoms with Crippen molar-refractivity contribution in [3.8, 4) is 17.2 Å². The molecule has 0 aromatic heterocycles. The monoisotopic (exact) mass is 345 g/mol. The van der Waals surface area contributed by atoms with Crippen LogP contribution < -0.4 is 19.5 Å². The summed E-state index contributed by atoms with van der Waals surface area (Å²) in [7, 11) is 4.83. The third kappa shape index (κ3) is 4.06. The molecule has 0 amide bonds. The van der Waals surface area contributed by atoms with Crippen LogP contribution in [0.3, 0.4) is 0 Å². The first kappa shape index (κ1) is 19.1. The second-order valence-electron chi connectivity index (χ2n) is 5.83. The second-order valence-corrected chi connectivity index (χ2v) is 5.83. The Balaban J connectivity index is 2.32. The van der Waals surface area contributed by atoms with Gasteiger partial charge in [0.15, 0.2) is 11.5 Å². The highest BCUT2D eigenvalue weighted by atomic mass is 16.5. The maximum atomic E-state index is 10.1. The van der Waals surface area contributed by atoms with E-state index in [1.165, 1.54) is 0 Å². The van der Waals surface area contributed by atoms with Crippen molar-refractivity contribution in [3.05, 3.63) is 53.6 Å². The largest absolute Gasteiger partial charge is 0.496 e. The average Bonchev–Trinajstić information content (AvgIpc) is 2.69. The Kier molecular flexibility index (Phi) is 6.67. The van der Waals surface area contributed by atoms with Gasteiger partial charge >= 0.3 is 0 Å². The molecule has 0 radical (unpaired) electrons. The Morgan fingerprint density at radius 2 is 1.52 bits per heavy atom. The van der Waals surface area contributed by atoms with E-state index in [2.05, 4.69) is 12.2 Å². The Morgan fingerprint density at radius 3 is 2.04 bits per heavy atom. The standard InChI is InChI=1S/C20H27NO4/c1-5-20(14-22,16-9-7-6-8-10-16)21-13-15-11-18(24-3)19(25-4)12-17(15)23-2/h6-12,21-22H,5,13-14H2,1-4H3/t20-/m0/s1. The molecule has 0 spiro atoms. The highest BCUT2D eigenvalue weighted by molar-refractivity contribution is 5.50. The van der Waals surface area contributed by atoms with Crippen LogP contribution in [0.15, 0.2) is 42.5 Å². The van der Waals surface area contributed by atoms with Gasteiger partial charge < -0.3 is 24.6 Å². The molecule has 0 saturated carbocycles. The maximum absolute atomic E-state index is 10.1. The number of hydrogen-bond donors (Lipinski definition) is 2. The molecule has 0 unspecified atom stereocenters. The third-order valence-corrected chi connectivity index (χ3v) is 4.60. The molecular formula is C20H27NO4. The molecule has 1 atom stereocenters. The molecule has 0 heterocycles. The van der Waals surface area contributed by atoms with Crippen LogP contribution in [0.1, 0.15) is 24.5 Å². The van der Waals surface area contributed by atoms with E-state index in [-0.39, 0.29) is 6.61 Å². The number of rotatable bonds is 9. The van der Waals surface area contributed by atoms with Gasteiger partial charge in [-0.1, -0.05) is 37.3 Å². The van der Waals surface area contributed by atoms with Crippen LogP contribution in [0.4, 0.5) is 0 Å². The Hall–Kier alpha value is -2.24. The van der Waals surface area contributed by atoms with Crippen LogP contribution in [0.2, 0.25) is 0 Å². The molecule has 0 saturated heterocycles. The Bertz CT molecular complexity index is 669. The highest BCUT2D eigenvalue weighted by Crippen LogP contribution is 2.35. The molecule has 25 heavy (non-hydrogen) atoms. The quantitative estimate of drug-likeness (QED) is 0.731. The summed E-state index contributed by atoms with van der Waals surface area (Å²) in [6.07, 6.45) is 0.753. The van der Waals surface area contributed by atoms with E-state index in [1.807, 2.05) is 42.5 Å². The van der Waals surface area contributed by atoms with Gasteiger partial charge in [-0.05, 0) is 18.1 Å². The minimum Gasteiger partial charge on any atom is -0.496 e. The molecule has 2 aromatic rings. The SMILES string of the molecule is CC[C@@](CO)(NCc1cc(OC)c(OC)cc1OC)c1ccccc1. The van der Waals surface area contributed by atoms with Crippen molar-refractivity contribution in [2.45, 2.75) is 25.4 Å². The second kappa shape index (κ2) is 8.74. The van der Waals surface area contributed by atoms with Crippen molar-refractivity contribution in [1.82, 2.24) is 5.32 Å². The van der Waals surface area contributed by atoms with Gasteiger partial charge in [0.2, 0.25) is 0 Å². The molecule has 5 nitrogen and oxygen atoms in total. The minimum absolute atomic E-state index is 0.00309. The van der Waals surface area contributed by atoms with E-state index in [4.69, 9.17) is 14.2 Å². The van der Waals surface area contributed by atoms with Gasteiger partial charge in [-0.2, -0.15) is 0 Å². The van der Waals surface area contributed by atoms with Crippen LogP contribution in [-0.2, 0) is 12.1 Å². The number of aliphatic hydroxyl groups excluding tert-OH is 1. The first-order valence-corrected chi connectivity index (χ1v) is 8.34. The highest BCUT2D eigenvalue weighted by Gasteiger charge is 2.29. The van der Waals surface area contributed by atoms with Crippen molar-refractivity contribution >= 4 is 0 Å². The van der Waals surface area contributed by atoms with Crippen LogP contribution >= 0.6 is 0 Å².